The number of carbonyl (C=O) groups is 1. The standard InChI is InChI=1S/C29H30N4O3S2/c30-28(31)27-17-22-24(11-6-12-26(22)38-27)36-25(20-7-2-1-3-8-20)19-35-29(34)32-23-10-5-4-9-21(23)18-33-13-15-37-16-14-33/h1-12,17,25H,13-16,18-19H2,(H3,30,31)(H,32,34). The predicted octanol–water partition coefficient (Wildman–Crippen LogP) is 6.10. The van der Waals surface area contributed by atoms with E-state index >= 15 is 0 Å². The normalized spacial score (nSPS) is 14.6. The molecular weight excluding hydrogens is 516 g/mol. The fraction of sp³-hybridized carbons (Fsp3) is 0.241. The number of benzene rings is 3. The molecule has 0 aliphatic carbocycles. The van der Waals surface area contributed by atoms with Crippen molar-refractivity contribution in [1.29, 1.82) is 5.41 Å². The lowest BCUT2D eigenvalue weighted by Crippen LogP contribution is -2.32. The van der Waals surface area contributed by atoms with E-state index in [9.17, 15) is 4.79 Å². The Kier molecular flexibility index (Phi) is 8.47. The van der Waals surface area contributed by atoms with Crippen molar-refractivity contribution in [3.8, 4) is 5.75 Å². The van der Waals surface area contributed by atoms with E-state index in [1.807, 2.05) is 90.6 Å². The van der Waals surface area contributed by atoms with Crippen molar-refractivity contribution in [1.82, 2.24) is 4.90 Å². The second-order valence-electron chi connectivity index (χ2n) is 8.98. The van der Waals surface area contributed by atoms with Gasteiger partial charge in [-0.1, -0.05) is 54.6 Å². The molecule has 0 saturated carbocycles. The highest BCUT2D eigenvalue weighted by Crippen LogP contribution is 2.35. The van der Waals surface area contributed by atoms with Gasteiger partial charge in [-0.25, -0.2) is 4.79 Å². The Morgan fingerprint density at radius 1 is 1.03 bits per heavy atom. The maximum absolute atomic E-state index is 12.9. The molecule has 1 unspecified atom stereocenters. The van der Waals surface area contributed by atoms with Crippen molar-refractivity contribution in [3.05, 3.63) is 94.9 Å². The van der Waals surface area contributed by atoms with E-state index in [4.69, 9.17) is 20.6 Å². The number of anilines is 1. The fourth-order valence-electron chi connectivity index (χ4n) is 4.37. The van der Waals surface area contributed by atoms with Crippen LogP contribution in [0.5, 0.6) is 5.75 Å². The zero-order valence-corrected chi connectivity index (χ0v) is 22.5. The largest absolute Gasteiger partial charge is 0.481 e. The number of amides is 1. The summed E-state index contributed by atoms with van der Waals surface area (Å²) in [7, 11) is 0. The number of amidine groups is 1. The van der Waals surface area contributed by atoms with Crippen molar-refractivity contribution in [2.24, 2.45) is 5.73 Å². The summed E-state index contributed by atoms with van der Waals surface area (Å²) in [4.78, 5) is 16.0. The highest BCUT2D eigenvalue weighted by Gasteiger charge is 2.20. The van der Waals surface area contributed by atoms with E-state index in [-0.39, 0.29) is 12.4 Å². The van der Waals surface area contributed by atoms with Gasteiger partial charge in [0, 0.05) is 46.9 Å². The average molecular weight is 547 g/mol. The Hall–Kier alpha value is -3.53. The Morgan fingerprint density at radius 3 is 2.58 bits per heavy atom. The number of ether oxygens (including phenoxy) is 2. The molecule has 3 aromatic carbocycles. The van der Waals surface area contributed by atoms with E-state index in [0.717, 1.165) is 58.0 Å². The van der Waals surface area contributed by atoms with Crippen molar-refractivity contribution < 1.29 is 14.3 Å². The third kappa shape index (κ3) is 6.48. The van der Waals surface area contributed by atoms with Gasteiger partial charge in [-0.2, -0.15) is 11.8 Å². The molecule has 5 rings (SSSR count). The Balaban J connectivity index is 1.29. The minimum absolute atomic E-state index is 0.0243. The Bertz CT molecular complexity index is 1400. The first-order chi connectivity index (χ1) is 18.6. The first-order valence-corrected chi connectivity index (χ1v) is 14.4. The summed E-state index contributed by atoms with van der Waals surface area (Å²) in [5.41, 5.74) is 8.43. The molecule has 4 N–H and O–H groups in total. The molecule has 1 saturated heterocycles. The molecule has 7 nitrogen and oxygen atoms in total. The topological polar surface area (TPSA) is 101 Å². The maximum atomic E-state index is 12.9. The van der Waals surface area contributed by atoms with Gasteiger partial charge in [-0.3, -0.25) is 15.6 Å². The van der Waals surface area contributed by atoms with Crippen LogP contribution in [-0.2, 0) is 11.3 Å². The van der Waals surface area contributed by atoms with Crippen molar-refractivity contribution in [3.63, 3.8) is 0 Å². The number of fused-ring (bicyclic) bond motifs is 1. The Morgan fingerprint density at radius 2 is 1.79 bits per heavy atom. The zero-order valence-electron chi connectivity index (χ0n) is 20.9. The summed E-state index contributed by atoms with van der Waals surface area (Å²) in [6, 6.07) is 25.2. The molecule has 0 radical (unpaired) electrons. The number of nitrogens with two attached hydrogens (primary N) is 1. The van der Waals surface area contributed by atoms with Crippen LogP contribution in [0.3, 0.4) is 0 Å². The van der Waals surface area contributed by atoms with E-state index in [1.54, 1.807) is 0 Å². The van der Waals surface area contributed by atoms with Gasteiger partial charge in [0.15, 0.2) is 6.10 Å². The lowest BCUT2D eigenvalue weighted by atomic mass is 10.1. The molecule has 1 fully saturated rings. The second-order valence-corrected chi connectivity index (χ2v) is 11.3. The average Bonchev–Trinajstić information content (AvgIpc) is 3.39. The molecule has 38 heavy (non-hydrogen) atoms. The summed E-state index contributed by atoms with van der Waals surface area (Å²) < 4.78 is 13.1. The van der Waals surface area contributed by atoms with Crippen molar-refractivity contribution in [2.45, 2.75) is 12.6 Å². The molecule has 0 bridgehead atoms. The number of nitrogen functional groups attached to an aromatic ring is 1. The third-order valence-electron chi connectivity index (χ3n) is 6.35. The van der Waals surface area contributed by atoms with E-state index in [2.05, 4.69) is 10.2 Å². The van der Waals surface area contributed by atoms with Crippen LogP contribution in [0.15, 0.2) is 78.9 Å². The molecular formula is C29H30N4O3S2. The van der Waals surface area contributed by atoms with Crippen LogP contribution in [0, 0.1) is 5.41 Å². The molecule has 9 heteroatoms. The highest BCUT2D eigenvalue weighted by atomic mass is 32.2. The number of hydrogen-bond acceptors (Lipinski definition) is 7. The number of nitrogens with one attached hydrogen (secondary N) is 2. The minimum Gasteiger partial charge on any atom is -0.481 e. The predicted molar refractivity (Wildman–Crippen MR) is 157 cm³/mol. The monoisotopic (exact) mass is 546 g/mol. The van der Waals surface area contributed by atoms with Gasteiger partial charge in [0.1, 0.15) is 18.2 Å². The smallest absolute Gasteiger partial charge is 0.411 e. The summed E-state index contributed by atoms with van der Waals surface area (Å²) in [6.07, 6.45) is -1.04. The van der Waals surface area contributed by atoms with Crippen LogP contribution in [-0.4, -0.2) is 48.0 Å². The fourth-order valence-corrected chi connectivity index (χ4v) is 6.29. The molecule has 1 aliphatic heterocycles. The van der Waals surface area contributed by atoms with E-state index < -0.39 is 12.2 Å². The van der Waals surface area contributed by atoms with Gasteiger partial charge in [-0.15, -0.1) is 11.3 Å². The van der Waals surface area contributed by atoms with Gasteiger partial charge in [0.2, 0.25) is 0 Å². The molecule has 2 heterocycles. The van der Waals surface area contributed by atoms with Crippen LogP contribution in [0.25, 0.3) is 10.1 Å². The summed E-state index contributed by atoms with van der Waals surface area (Å²) in [6.45, 7) is 2.91. The first-order valence-electron chi connectivity index (χ1n) is 12.5. The van der Waals surface area contributed by atoms with E-state index in [0.29, 0.717) is 10.6 Å². The number of carbonyl (C=O) groups excluding carboxylic acids is 1. The van der Waals surface area contributed by atoms with Gasteiger partial charge in [-0.05, 0) is 35.4 Å². The van der Waals surface area contributed by atoms with Crippen LogP contribution < -0.4 is 15.8 Å². The van der Waals surface area contributed by atoms with Gasteiger partial charge in [0.05, 0.1) is 4.88 Å². The Labute approximate surface area is 230 Å². The van der Waals surface area contributed by atoms with Crippen molar-refractivity contribution >= 4 is 50.8 Å². The number of nitrogens with zero attached hydrogens (tertiary/aromatic N) is 1. The quantitative estimate of drug-likeness (QED) is 0.173. The van der Waals surface area contributed by atoms with Crippen LogP contribution >= 0.6 is 23.1 Å². The molecule has 1 atom stereocenters. The van der Waals surface area contributed by atoms with Crippen LogP contribution in [0.2, 0.25) is 0 Å². The number of thiophene rings is 1. The number of thioether (sulfide) groups is 1. The number of para-hydroxylation sites is 1. The summed E-state index contributed by atoms with van der Waals surface area (Å²) in [5.74, 6) is 2.94. The van der Waals surface area contributed by atoms with E-state index in [1.165, 1.54) is 11.3 Å². The third-order valence-corrected chi connectivity index (χ3v) is 8.42. The van der Waals surface area contributed by atoms with Crippen LogP contribution in [0.4, 0.5) is 10.5 Å². The molecule has 1 aliphatic rings. The number of hydrogen-bond donors (Lipinski definition) is 3. The molecule has 1 amide bonds. The SMILES string of the molecule is N=C(N)c1cc2c(OC(COC(=O)Nc3ccccc3CN3CCSCC3)c3ccccc3)cccc2s1. The molecule has 196 valence electrons. The first kappa shape index (κ1) is 26.1. The minimum atomic E-state index is -0.524. The zero-order chi connectivity index (χ0) is 26.3. The second kappa shape index (κ2) is 12.3. The molecule has 1 aromatic heterocycles. The van der Waals surface area contributed by atoms with Gasteiger partial charge < -0.3 is 15.2 Å². The van der Waals surface area contributed by atoms with Crippen molar-refractivity contribution in [2.75, 3.05) is 36.5 Å². The molecule has 0 spiro atoms. The summed E-state index contributed by atoms with van der Waals surface area (Å²) in [5, 5.41) is 11.6. The molecule has 4 aromatic rings. The highest BCUT2D eigenvalue weighted by molar-refractivity contribution is 7.99. The lowest BCUT2D eigenvalue weighted by Gasteiger charge is -2.27. The summed E-state index contributed by atoms with van der Waals surface area (Å²) >= 11 is 3.42. The number of rotatable bonds is 9. The lowest BCUT2D eigenvalue weighted by molar-refractivity contribution is 0.0910. The van der Waals surface area contributed by atoms with Gasteiger partial charge >= 0.3 is 6.09 Å². The van der Waals surface area contributed by atoms with Gasteiger partial charge in [0.25, 0.3) is 0 Å². The van der Waals surface area contributed by atoms with Crippen LogP contribution in [0.1, 0.15) is 22.1 Å². The maximum Gasteiger partial charge on any atom is 0.411 e.